The maximum Gasteiger partial charge on any atom is 0.358 e. The second kappa shape index (κ2) is 9.98. The second-order valence-electron chi connectivity index (χ2n) is 6.75. The van der Waals surface area contributed by atoms with Crippen LogP contribution < -0.4 is 5.32 Å². The SMILES string of the molecule is COC(=O)[C@@H](CC(C)C)NC(=O)COC(=O)c1csc(-c2ccc(C)cc2)n1. The topological polar surface area (TPSA) is 94.6 Å². The molecule has 0 unspecified atom stereocenters. The summed E-state index contributed by atoms with van der Waals surface area (Å²) in [5, 5.41) is 4.82. The van der Waals surface area contributed by atoms with E-state index in [2.05, 4.69) is 10.3 Å². The van der Waals surface area contributed by atoms with Crippen LogP contribution in [0.2, 0.25) is 0 Å². The first-order valence-electron chi connectivity index (χ1n) is 8.87. The molecule has 2 rings (SSSR count). The predicted octanol–water partition coefficient (Wildman–Crippen LogP) is 2.98. The van der Waals surface area contributed by atoms with Gasteiger partial charge < -0.3 is 14.8 Å². The molecule has 0 fully saturated rings. The van der Waals surface area contributed by atoms with Crippen LogP contribution in [-0.4, -0.2) is 42.6 Å². The zero-order valence-corrected chi connectivity index (χ0v) is 17.2. The highest BCUT2D eigenvalue weighted by atomic mass is 32.1. The molecule has 8 heteroatoms. The molecule has 1 aromatic carbocycles. The van der Waals surface area contributed by atoms with Crippen molar-refractivity contribution in [3.63, 3.8) is 0 Å². The molecule has 1 atom stereocenters. The van der Waals surface area contributed by atoms with Gasteiger partial charge in [-0.3, -0.25) is 4.79 Å². The Hall–Kier alpha value is -2.74. The predicted molar refractivity (Wildman–Crippen MR) is 106 cm³/mol. The Morgan fingerprint density at radius 2 is 1.86 bits per heavy atom. The van der Waals surface area contributed by atoms with Gasteiger partial charge in [0.05, 0.1) is 7.11 Å². The Bertz CT molecular complexity index is 829. The summed E-state index contributed by atoms with van der Waals surface area (Å²) >= 11 is 1.32. The van der Waals surface area contributed by atoms with Crippen molar-refractivity contribution in [2.24, 2.45) is 5.92 Å². The molecule has 2 aromatic rings. The van der Waals surface area contributed by atoms with Crippen LogP contribution in [0.4, 0.5) is 0 Å². The van der Waals surface area contributed by atoms with Gasteiger partial charge in [-0.05, 0) is 19.3 Å². The number of aryl methyl sites for hydroxylation is 1. The molecule has 0 aliphatic carbocycles. The average molecular weight is 404 g/mol. The molecule has 7 nitrogen and oxygen atoms in total. The number of nitrogens with one attached hydrogen (secondary N) is 1. The number of hydrogen-bond acceptors (Lipinski definition) is 7. The molecule has 0 saturated carbocycles. The van der Waals surface area contributed by atoms with Gasteiger partial charge in [0, 0.05) is 10.9 Å². The number of carbonyl (C=O) groups excluding carboxylic acids is 3. The summed E-state index contributed by atoms with van der Waals surface area (Å²) in [7, 11) is 1.26. The summed E-state index contributed by atoms with van der Waals surface area (Å²) in [5.74, 6) is -1.61. The summed E-state index contributed by atoms with van der Waals surface area (Å²) in [6.45, 7) is 5.35. The van der Waals surface area contributed by atoms with E-state index in [1.807, 2.05) is 45.0 Å². The van der Waals surface area contributed by atoms with Crippen molar-refractivity contribution in [1.29, 1.82) is 0 Å². The van der Waals surface area contributed by atoms with E-state index in [-0.39, 0.29) is 11.6 Å². The van der Waals surface area contributed by atoms with Crippen LogP contribution in [0, 0.1) is 12.8 Å². The highest BCUT2D eigenvalue weighted by Gasteiger charge is 2.23. The third kappa shape index (κ3) is 6.16. The minimum Gasteiger partial charge on any atom is -0.467 e. The van der Waals surface area contributed by atoms with Crippen LogP contribution in [-0.2, 0) is 19.1 Å². The summed E-state index contributed by atoms with van der Waals surface area (Å²) in [4.78, 5) is 40.2. The second-order valence-corrected chi connectivity index (χ2v) is 7.61. The summed E-state index contributed by atoms with van der Waals surface area (Å²) in [6, 6.07) is 7.02. The van der Waals surface area contributed by atoms with Crippen LogP contribution in [0.1, 0.15) is 36.3 Å². The number of methoxy groups -OCH3 is 1. The number of esters is 2. The van der Waals surface area contributed by atoms with Gasteiger partial charge in [0.15, 0.2) is 12.3 Å². The van der Waals surface area contributed by atoms with E-state index in [0.29, 0.717) is 11.4 Å². The molecular formula is C20H24N2O5S. The van der Waals surface area contributed by atoms with E-state index in [4.69, 9.17) is 9.47 Å². The average Bonchev–Trinajstić information content (AvgIpc) is 3.15. The number of nitrogens with zero attached hydrogens (tertiary/aromatic N) is 1. The van der Waals surface area contributed by atoms with Crippen LogP contribution in [0.5, 0.6) is 0 Å². The van der Waals surface area contributed by atoms with Gasteiger partial charge in [0.1, 0.15) is 11.0 Å². The van der Waals surface area contributed by atoms with E-state index in [1.54, 1.807) is 5.38 Å². The van der Waals surface area contributed by atoms with Crippen molar-refractivity contribution in [2.45, 2.75) is 33.2 Å². The Morgan fingerprint density at radius 1 is 1.18 bits per heavy atom. The largest absolute Gasteiger partial charge is 0.467 e. The quantitative estimate of drug-likeness (QED) is 0.680. The first-order chi connectivity index (χ1) is 13.3. The summed E-state index contributed by atoms with van der Waals surface area (Å²) in [5.41, 5.74) is 2.18. The lowest BCUT2D eigenvalue weighted by molar-refractivity contribution is -0.145. The fraction of sp³-hybridized carbons (Fsp3) is 0.400. The van der Waals surface area contributed by atoms with E-state index in [9.17, 15) is 14.4 Å². The third-order valence-electron chi connectivity index (χ3n) is 3.87. The van der Waals surface area contributed by atoms with Crippen molar-refractivity contribution in [2.75, 3.05) is 13.7 Å². The molecule has 0 radical (unpaired) electrons. The molecule has 150 valence electrons. The minimum atomic E-state index is -0.774. The molecule has 1 N–H and O–H groups in total. The monoisotopic (exact) mass is 404 g/mol. The molecule has 0 bridgehead atoms. The Morgan fingerprint density at radius 3 is 2.46 bits per heavy atom. The van der Waals surface area contributed by atoms with Crippen molar-refractivity contribution >= 4 is 29.2 Å². The lowest BCUT2D eigenvalue weighted by Crippen LogP contribution is -2.44. The third-order valence-corrected chi connectivity index (χ3v) is 4.77. The van der Waals surface area contributed by atoms with Gasteiger partial charge in [-0.2, -0.15) is 0 Å². The summed E-state index contributed by atoms with van der Waals surface area (Å²) < 4.78 is 9.71. The zero-order chi connectivity index (χ0) is 20.7. The lowest BCUT2D eigenvalue weighted by atomic mass is 10.0. The molecule has 28 heavy (non-hydrogen) atoms. The van der Waals surface area contributed by atoms with Crippen molar-refractivity contribution in [3.8, 4) is 10.6 Å². The number of carbonyl (C=O) groups is 3. The number of ether oxygens (including phenoxy) is 2. The lowest BCUT2D eigenvalue weighted by Gasteiger charge is -2.18. The van der Waals surface area contributed by atoms with Gasteiger partial charge in [-0.25, -0.2) is 14.6 Å². The Balaban J connectivity index is 1.91. The van der Waals surface area contributed by atoms with E-state index >= 15 is 0 Å². The van der Waals surface area contributed by atoms with Crippen LogP contribution in [0.25, 0.3) is 10.6 Å². The van der Waals surface area contributed by atoms with Crippen molar-refractivity contribution in [3.05, 3.63) is 40.9 Å². The van der Waals surface area contributed by atoms with Crippen LogP contribution >= 0.6 is 11.3 Å². The van der Waals surface area contributed by atoms with Gasteiger partial charge in [-0.15, -0.1) is 11.3 Å². The molecular weight excluding hydrogens is 380 g/mol. The number of hydrogen-bond donors (Lipinski definition) is 1. The van der Waals surface area contributed by atoms with Gasteiger partial charge in [0.25, 0.3) is 5.91 Å². The minimum absolute atomic E-state index is 0.139. The Labute approximate surface area is 168 Å². The highest BCUT2D eigenvalue weighted by molar-refractivity contribution is 7.13. The number of amides is 1. The van der Waals surface area contributed by atoms with Gasteiger partial charge >= 0.3 is 11.9 Å². The highest BCUT2D eigenvalue weighted by Crippen LogP contribution is 2.24. The van der Waals surface area contributed by atoms with Crippen LogP contribution in [0.3, 0.4) is 0 Å². The van der Waals surface area contributed by atoms with Crippen molar-refractivity contribution in [1.82, 2.24) is 10.3 Å². The molecule has 1 amide bonds. The maximum atomic E-state index is 12.2. The van der Waals surface area contributed by atoms with E-state index in [0.717, 1.165) is 11.1 Å². The molecule has 1 heterocycles. The van der Waals surface area contributed by atoms with Crippen molar-refractivity contribution < 1.29 is 23.9 Å². The normalized spacial score (nSPS) is 11.8. The molecule has 1 aromatic heterocycles. The fourth-order valence-corrected chi connectivity index (χ4v) is 3.26. The first-order valence-corrected chi connectivity index (χ1v) is 9.75. The maximum absolute atomic E-state index is 12.2. The number of benzene rings is 1. The molecule has 0 aliphatic rings. The first kappa shape index (κ1) is 21.6. The molecule has 0 spiro atoms. The van der Waals surface area contributed by atoms with E-state index < -0.39 is 30.5 Å². The number of rotatable bonds is 8. The molecule has 0 saturated heterocycles. The zero-order valence-electron chi connectivity index (χ0n) is 16.4. The van der Waals surface area contributed by atoms with Gasteiger partial charge in [-0.1, -0.05) is 43.7 Å². The van der Waals surface area contributed by atoms with Gasteiger partial charge in [0.2, 0.25) is 0 Å². The summed E-state index contributed by atoms with van der Waals surface area (Å²) in [6.07, 6.45) is 0.429. The van der Waals surface area contributed by atoms with E-state index in [1.165, 1.54) is 18.4 Å². The smallest absolute Gasteiger partial charge is 0.358 e. The van der Waals surface area contributed by atoms with Crippen LogP contribution in [0.15, 0.2) is 29.6 Å². The number of thiazole rings is 1. The number of aromatic nitrogens is 1. The molecule has 0 aliphatic heterocycles. The fourth-order valence-electron chi connectivity index (χ4n) is 2.46. The standard InChI is InChI=1S/C20H24N2O5S/c1-12(2)9-15(19(24)26-4)21-17(23)10-27-20(25)16-11-28-18(22-16)14-7-5-13(3)6-8-14/h5-8,11-12,15H,9-10H2,1-4H3,(H,21,23)/t15-/m1/s1. The Kier molecular flexibility index (Phi) is 7.69.